The average molecular weight is 282 g/mol. The van der Waals surface area contributed by atoms with Crippen molar-refractivity contribution in [2.45, 2.75) is 25.4 Å². The van der Waals surface area contributed by atoms with E-state index in [9.17, 15) is 8.42 Å². The Labute approximate surface area is 115 Å². The van der Waals surface area contributed by atoms with Crippen LogP contribution in [0.4, 0.5) is 5.69 Å². The largest absolute Gasteiger partial charge is 0.382 e. The Balaban J connectivity index is 2.03. The summed E-state index contributed by atoms with van der Waals surface area (Å²) in [4.78, 5) is 2.13. The lowest BCUT2D eigenvalue weighted by Gasteiger charge is -2.25. The van der Waals surface area contributed by atoms with Crippen molar-refractivity contribution in [2.24, 2.45) is 0 Å². The Morgan fingerprint density at radius 2 is 1.84 bits per heavy atom. The van der Waals surface area contributed by atoms with Gasteiger partial charge in [-0.2, -0.15) is 0 Å². The molecule has 0 atom stereocenters. The molecule has 1 aromatic rings. The summed E-state index contributed by atoms with van der Waals surface area (Å²) in [5.41, 5.74) is 2.38. The van der Waals surface area contributed by atoms with Crippen molar-refractivity contribution in [1.29, 1.82) is 0 Å². The molecule has 0 unspecified atom stereocenters. The number of para-hydroxylation sites is 1. The highest BCUT2D eigenvalue weighted by Gasteiger charge is 2.23. The molecule has 1 aliphatic heterocycles. The number of rotatable bonds is 4. The SMILES string of the molecule is CN(C)Cc1ccccc1NC1CCS(=O)(=O)CC1. The van der Waals surface area contributed by atoms with Crippen molar-refractivity contribution >= 4 is 15.5 Å². The molecule has 106 valence electrons. The molecule has 1 aliphatic rings. The molecule has 1 fully saturated rings. The Kier molecular flexibility index (Phi) is 4.47. The summed E-state index contributed by atoms with van der Waals surface area (Å²) in [6.07, 6.45) is 1.41. The van der Waals surface area contributed by atoms with Crippen molar-refractivity contribution < 1.29 is 8.42 Å². The van der Waals surface area contributed by atoms with Gasteiger partial charge in [0.1, 0.15) is 9.84 Å². The molecule has 0 bridgehead atoms. The summed E-state index contributed by atoms with van der Waals surface area (Å²) < 4.78 is 22.9. The highest BCUT2D eigenvalue weighted by atomic mass is 32.2. The predicted molar refractivity (Wildman–Crippen MR) is 79.1 cm³/mol. The quantitative estimate of drug-likeness (QED) is 0.914. The molecule has 0 amide bonds. The van der Waals surface area contributed by atoms with Crippen LogP contribution in [-0.4, -0.2) is 45.0 Å². The minimum absolute atomic E-state index is 0.270. The number of nitrogens with one attached hydrogen (secondary N) is 1. The number of benzene rings is 1. The van der Waals surface area contributed by atoms with E-state index in [0.717, 1.165) is 12.2 Å². The van der Waals surface area contributed by atoms with Gasteiger partial charge in [-0.25, -0.2) is 8.42 Å². The van der Waals surface area contributed by atoms with Crippen LogP contribution in [0, 0.1) is 0 Å². The van der Waals surface area contributed by atoms with Crippen LogP contribution in [-0.2, 0) is 16.4 Å². The molecule has 1 N–H and O–H groups in total. The molecule has 2 rings (SSSR count). The molecule has 5 heteroatoms. The summed E-state index contributed by atoms with van der Waals surface area (Å²) in [6.45, 7) is 0.883. The Bertz CT molecular complexity index is 512. The molecular weight excluding hydrogens is 260 g/mol. The topological polar surface area (TPSA) is 49.4 Å². The number of hydrogen-bond acceptors (Lipinski definition) is 4. The fourth-order valence-electron chi connectivity index (χ4n) is 2.39. The first kappa shape index (κ1) is 14.3. The van der Waals surface area contributed by atoms with Crippen LogP contribution in [0.25, 0.3) is 0 Å². The number of sulfone groups is 1. The van der Waals surface area contributed by atoms with E-state index in [1.165, 1.54) is 5.56 Å². The first-order valence-corrected chi connectivity index (χ1v) is 8.48. The van der Waals surface area contributed by atoms with E-state index in [-0.39, 0.29) is 6.04 Å². The van der Waals surface area contributed by atoms with E-state index in [0.29, 0.717) is 24.3 Å². The van der Waals surface area contributed by atoms with Crippen LogP contribution < -0.4 is 5.32 Å². The molecule has 0 aromatic heterocycles. The van der Waals surface area contributed by atoms with Crippen molar-refractivity contribution in [3.63, 3.8) is 0 Å². The van der Waals surface area contributed by atoms with Gasteiger partial charge in [-0.15, -0.1) is 0 Å². The molecule has 0 aliphatic carbocycles. The lowest BCUT2D eigenvalue weighted by Crippen LogP contribution is -2.32. The second-order valence-electron chi connectivity index (χ2n) is 5.47. The summed E-state index contributed by atoms with van der Waals surface area (Å²) in [5.74, 6) is 0.612. The van der Waals surface area contributed by atoms with Gasteiger partial charge in [0, 0.05) is 18.3 Å². The maximum atomic E-state index is 11.4. The maximum Gasteiger partial charge on any atom is 0.150 e. The third-order valence-electron chi connectivity index (χ3n) is 3.42. The zero-order chi connectivity index (χ0) is 13.9. The summed E-state index contributed by atoms with van der Waals surface area (Å²) in [6, 6.07) is 8.51. The van der Waals surface area contributed by atoms with E-state index < -0.39 is 9.84 Å². The van der Waals surface area contributed by atoms with Gasteiger partial charge in [0.2, 0.25) is 0 Å². The minimum Gasteiger partial charge on any atom is -0.382 e. The molecule has 0 saturated carbocycles. The van der Waals surface area contributed by atoms with E-state index in [4.69, 9.17) is 0 Å². The summed E-state index contributed by atoms with van der Waals surface area (Å²) in [5, 5.41) is 3.50. The zero-order valence-corrected chi connectivity index (χ0v) is 12.4. The lowest BCUT2D eigenvalue weighted by molar-refractivity contribution is 0.403. The van der Waals surface area contributed by atoms with Gasteiger partial charge in [-0.05, 0) is 38.6 Å². The Morgan fingerprint density at radius 1 is 1.21 bits per heavy atom. The summed E-state index contributed by atoms with van der Waals surface area (Å²) >= 11 is 0. The molecule has 1 heterocycles. The Hall–Kier alpha value is -1.07. The monoisotopic (exact) mass is 282 g/mol. The number of hydrogen-bond donors (Lipinski definition) is 1. The maximum absolute atomic E-state index is 11.4. The molecule has 19 heavy (non-hydrogen) atoms. The van der Waals surface area contributed by atoms with Crippen LogP contribution in [0.5, 0.6) is 0 Å². The highest BCUT2D eigenvalue weighted by molar-refractivity contribution is 7.91. The molecule has 1 saturated heterocycles. The second-order valence-corrected chi connectivity index (χ2v) is 7.77. The standard InChI is InChI=1S/C14H22N2O2S/c1-16(2)11-12-5-3-4-6-14(12)15-13-7-9-19(17,18)10-8-13/h3-6,13,15H,7-11H2,1-2H3. The fraction of sp³-hybridized carbons (Fsp3) is 0.571. The van der Waals surface area contributed by atoms with Gasteiger partial charge in [-0.3, -0.25) is 0 Å². The molecule has 0 spiro atoms. The van der Waals surface area contributed by atoms with Gasteiger partial charge >= 0.3 is 0 Å². The third-order valence-corrected chi connectivity index (χ3v) is 5.13. The van der Waals surface area contributed by atoms with Crippen LogP contribution in [0.2, 0.25) is 0 Å². The summed E-state index contributed by atoms with van der Waals surface area (Å²) in [7, 11) is 1.31. The van der Waals surface area contributed by atoms with E-state index in [1.807, 2.05) is 26.2 Å². The van der Waals surface area contributed by atoms with Gasteiger partial charge < -0.3 is 10.2 Å². The van der Waals surface area contributed by atoms with Crippen LogP contribution in [0.1, 0.15) is 18.4 Å². The van der Waals surface area contributed by atoms with Crippen molar-refractivity contribution in [3.8, 4) is 0 Å². The van der Waals surface area contributed by atoms with Crippen LogP contribution >= 0.6 is 0 Å². The van der Waals surface area contributed by atoms with Gasteiger partial charge in [0.15, 0.2) is 0 Å². The van der Waals surface area contributed by atoms with E-state index in [2.05, 4.69) is 22.3 Å². The van der Waals surface area contributed by atoms with E-state index >= 15 is 0 Å². The Morgan fingerprint density at radius 3 is 2.47 bits per heavy atom. The van der Waals surface area contributed by atoms with Gasteiger partial charge in [-0.1, -0.05) is 18.2 Å². The van der Waals surface area contributed by atoms with Crippen LogP contribution in [0.3, 0.4) is 0 Å². The smallest absolute Gasteiger partial charge is 0.150 e. The van der Waals surface area contributed by atoms with Crippen molar-refractivity contribution in [2.75, 3.05) is 30.9 Å². The molecule has 1 aromatic carbocycles. The minimum atomic E-state index is -2.79. The third kappa shape index (κ3) is 4.21. The van der Waals surface area contributed by atoms with Crippen LogP contribution in [0.15, 0.2) is 24.3 Å². The number of nitrogens with zero attached hydrogens (tertiary/aromatic N) is 1. The average Bonchev–Trinajstić information content (AvgIpc) is 2.33. The fourth-order valence-corrected chi connectivity index (χ4v) is 3.89. The van der Waals surface area contributed by atoms with E-state index in [1.54, 1.807) is 0 Å². The second kappa shape index (κ2) is 5.92. The highest BCUT2D eigenvalue weighted by Crippen LogP contribution is 2.21. The number of anilines is 1. The predicted octanol–water partition coefficient (Wildman–Crippen LogP) is 1.74. The molecular formula is C14H22N2O2S. The molecule has 4 nitrogen and oxygen atoms in total. The zero-order valence-electron chi connectivity index (χ0n) is 11.6. The van der Waals surface area contributed by atoms with Gasteiger partial charge in [0.05, 0.1) is 11.5 Å². The normalized spacial score (nSPS) is 19.5. The lowest BCUT2D eigenvalue weighted by atomic mass is 10.1. The van der Waals surface area contributed by atoms with Gasteiger partial charge in [0.25, 0.3) is 0 Å². The first-order chi connectivity index (χ1) is 8.96. The van der Waals surface area contributed by atoms with Crippen molar-refractivity contribution in [3.05, 3.63) is 29.8 Å². The molecule has 0 radical (unpaired) electrons. The first-order valence-electron chi connectivity index (χ1n) is 6.66. The van der Waals surface area contributed by atoms with Crippen molar-refractivity contribution in [1.82, 2.24) is 4.90 Å².